The average Bonchev–Trinajstić information content (AvgIpc) is 3.62. The number of carbonyl (C=O) groups excluding carboxylic acids is 1. The molecule has 1 saturated heterocycles. The highest BCUT2D eigenvalue weighted by Crippen LogP contribution is 2.41. The molecule has 2 aliphatic carbocycles. The number of nitrogens with zero attached hydrogens (tertiary/aromatic N) is 3. The van der Waals surface area contributed by atoms with Crippen LogP contribution in [0.25, 0.3) is 11.3 Å². The minimum atomic E-state index is -1.02. The van der Waals surface area contributed by atoms with Gasteiger partial charge in [-0.15, -0.1) is 12.4 Å². The van der Waals surface area contributed by atoms with Gasteiger partial charge in [0.15, 0.2) is 5.69 Å². The van der Waals surface area contributed by atoms with Crippen molar-refractivity contribution in [2.75, 3.05) is 33.4 Å². The number of hydrogen-bond donors (Lipinski definition) is 3. The number of amides is 1. The number of methoxy groups -OCH3 is 1. The topological polar surface area (TPSA) is 99.8 Å². The van der Waals surface area contributed by atoms with Gasteiger partial charge in [-0.25, -0.2) is 4.98 Å². The summed E-state index contributed by atoms with van der Waals surface area (Å²) in [5.41, 5.74) is 0.983. The molecule has 3 N–H and O–H groups in total. The van der Waals surface area contributed by atoms with E-state index in [-0.39, 0.29) is 42.9 Å². The Bertz CT molecular complexity index is 994. The van der Waals surface area contributed by atoms with Gasteiger partial charge in [-0.3, -0.25) is 4.79 Å². The van der Waals surface area contributed by atoms with Crippen molar-refractivity contribution in [3.8, 4) is 11.3 Å². The lowest BCUT2D eigenvalue weighted by molar-refractivity contribution is -0.0893. The van der Waals surface area contributed by atoms with Crippen molar-refractivity contribution in [2.24, 2.45) is 5.92 Å². The fourth-order valence-corrected chi connectivity index (χ4v) is 5.83. The minimum Gasteiger partial charge on any atom is -0.391 e. The van der Waals surface area contributed by atoms with E-state index >= 15 is 0 Å². The lowest BCUT2D eigenvalue weighted by atomic mass is 9.80. The highest BCUT2D eigenvalue weighted by molar-refractivity contribution is 5.98. The maximum Gasteiger partial charge on any atom is 0.275 e. The molecule has 1 aromatic carbocycles. The van der Waals surface area contributed by atoms with Crippen LogP contribution in [0.15, 0.2) is 36.7 Å². The van der Waals surface area contributed by atoms with E-state index < -0.39 is 11.7 Å². The van der Waals surface area contributed by atoms with Gasteiger partial charge in [0, 0.05) is 32.3 Å². The molecule has 5 rings (SSSR count). The second-order valence-corrected chi connectivity index (χ2v) is 10.1. The van der Waals surface area contributed by atoms with Crippen LogP contribution in [0.1, 0.15) is 55.1 Å². The van der Waals surface area contributed by atoms with E-state index in [0.717, 1.165) is 43.4 Å². The van der Waals surface area contributed by atoms with Gasteiger partial charge < -0.3 is 29.7 Å². The number of nitrogens with one attached hydrogen (secondary N) is 1. The number of hydrogen-bond acceptors (Lipinski definition) is 6. The van der Waals surface area contributed by atoms with E-state index in [1.54, 1.807) is 18.3 Å². The third kappa shape index (κ3) is 5.13. The van der Waals surface area contributed by atoms with Gasteiger partial charge in [0.05, 0.1) is 36.8 Å². The van der Waals surface area contributed by atoms with E-state index in [1.165, 1.54) is 0 Å². The van der Waals surface area contributed by atoms with E-state index in [0.29, 0.717) is 31.7 Å². The van der Waals surface area contributed by atoms with Crippen LogP contribution >= 0.6 is 12.4 Å². The molecule has 35 heavy (non-hydrogen) atoms. The summed E-state index contributed by atoms with van der Waals surface area (Å²) in [6.07, 6.45) is 6.60. The molecular formula is C26H37ClN4O4. The molecule has 4 atom stereocenters. The van der Waals surface area contributed by atoms with Gasteiger partial charge >= 0.3 is 0 Å². The Morgan fingerprint density at radius 3 is 2.74 bits per heavy atom. The number of imidazole rings is 1. The summed E-state index contributed by atoms with van der Waals surface area (Å²) in [5.74, 6) is 0.118. The van der Waals surface area contributed by atoms with E-state index in [2.05, 4.69) is 10.3 Å². The van der Waals surface area contributed by atoms with Crippen LogP contribution in [0.2, 0.25) is 0 Å². The molecule has 1 amide bonds. The molecule has 1 aromatic heterocycles. The van der Waals surface area contributed by atoms with Crippen LogP contribution in [-0.2, 0) is 4.74 Å². The number of ether oxygens (including phenoxy) is 1. The SMILES string of the molecule is COC[C@]1(O)CCCC[C@H]1n1cnc(C(=O)N2CCNC[C@H]2C(O)C2CC2)c1-c1ccccc1.Cl. The number of halogens is 1. The van der Waals surface area contributed by atoms with Gasteiger partial charge in [-0.1, -0.05) is 43.2 Å². The van der Waals surface area contributed by atoms with Crippen molar-refractivity contribution in [1.29, 1.82) is 0 Å². The summed E-state index contributed by atoms with van der Waals surface area (Å²) < 4.78 is 7.40. The van der Waals surface area contributed by atoms with Crippen molar-refractivity contribution >= 4 is 18.3 Å². The Hall–Kier alpha value is -1.97. The van der Waals surface area contributed by atoms with Crippen molar-refractivity contribution in [3.63, 3.8) is 0 Å². The predicted molar refractivity (Wildman–Crippen MR) is 136 cm³/mol. The molecule has 0 radical (unpaired) electrons. The standard InChI is InChI=1S/C26H36N4O4.ClH/c1-34-16-26(33)12-6-5-9-21(26)30-17-28-22(23(30)18-7-3-2-4-8-18)25(32)29-14-13-27-15-20(29)24(31)19-10-11-19;/h2-4,7-8,17,19-21,24,27,31,33H,5-6,9-16H2,1H3;1H/t20-,21+,24?,26+;/m0./s1. The lowest BCUT2D eigenvalue weighted by Gasteiger charge is -2.41. The zero-order valence-corrected chi connectivity index (χ0v) is 21.1. The van der Waals surface area contributed by atoms with Crippen LogP contribution in [0, 0.1) is 5.92 Å². The summed E-state index contributed by atoms with van der Waals surface area (Å²) in [7, 11) is 1.61. The first-order valence-corrected chi connectivity index (χ1v) is 12.6. The van der Waals surface area contributed by atoms with Gasteiger partial charge in [-0.05, 0) is 31.6 Å². The Morgan fingerprint density at radius 2 is 2.03 bits per heavy atom. The van der Waals surface area contributed by atoms with Crippen LogP contribution in [0.5, 0.6) is 0 Å². The highest BCUT2D eigenvalue weighted by atomic mass is 35.5. The zero-order chi connectivity index (χ0) is 23.7. The number of carbonyl (C=O) groups is 1. The number of rotatable bonds is 7. The van der Waals surface area contributed by atoms with Gasteiger partial charge in [0.2, 0.25) is 0 Å². The fourth-order valence-electron chi connectivity index (χ4n) is 5.83. The van der Waals surface area contributed by atoms with Crippen molar-refractivity contribution in [1.82, 2.24) is 19.8 Å². The van der Waals surface area contributed by atoms with E-state index in [4.69, 9.17) is 4.74 Å². The summed E-state index contributed by atoms with van der Waals surface area (Å²) in [5, 5.41) is 25.8. The van der Waals surface area contributed by atoms with Crippen LogP contribution < -0.4 is 5.32 Å². The van der Waals surface area contributed by atoms with Crippen molar-refractivity contribution < 1.29 is 19.7 Å². The van der Waals surface area contributed by atoms with Gasteiger partial charge in [-0.2, -0.15) is 0 Å². The molecule has 8 nitrogen and oxygen atoms in total. The molecule has 0 bridgehead atoms. The lowest BCUT2D eigenvalue weighted by Crippen LogP contribution is -2.58. The second-order valence-electron chi connectivity index (χ2n) is 10.1. The Kier molecular flexibility index (Phi) is 8.18. The molecule has 2 heterocycles. The van der Waals surface area contributed by atoms with E-state index in [9.17, 15) is 15.0 Å². The third-order valence-electron chi connectivity index (χ3n) is 7.77. The summed E-state index contributed by atoms with van der Waals surface area (Å²) >= 11 is 0. The molecular weight excluding hydrogens is 468 g/mol. The van der Waals surface area contributed by atoms with Gasteiger partial charge in [0.1, 0.15) is 5.60 Å². The number of benzene rings is 1. The molecule has 1 unspecified atom stereocenters. The van der Waals surface area contributed by atoms with Crippen molar-refractivity contribution in [2.45, 2.75) is 62.3 Å². The Morgan fingerprint density at radius 1 is 1.26 bits per heavy atom. The molecule has 3 aliphatic rings. The number of aliphatic hydroxyl groups is 2. The maximum absolute atomic E-state index is 14.0. The van der Waals surface area contributed by atoms with E-state index in [1.807, 2.05) is 34.9 Å². The molecule has 3 fully saturated rings. The minimum absolute atomic E-state index is 0. The van der Waals surface area contributed by atoms with Crippen molar-refractivity contribution in [3.05, 3.63) is 42.4 Å². The molecule has 2 saturated carbocycles. The van der Waals surface area contributed by atoms with Crippen LogP contribution in [0.3, 0.4) is 0 Å². The first-order chi connectivity index (χ1) is 16.5. The largest absolute Gasteiger partial charge is 0.391 e. The number of aromatic nitrogens is 2. The molecule has 1 aliphatic heterocycles. The monoisotopic (exact) mass is 504 g/mol. The molecule has 9 heteroatoms. The van der Waals surface area contributed by atoms with Crippen LogP contribution in [0.4, 0.5) is 0 Å². The van der Waals surface area contributed by atoms with Crippen LogP contribution in [-0.4, -0.2) is 81.7 Å². The molecule has 2 aromatic rings. The Balaban J connectivity index is 0.00000289. The third-order valence-corrected chi connectivity index (χ3v) is 7.77. The number of piperazine rings is 1. The summed E-state index contributed by atoms with van der Waals surface area (Å²) in [6.45, 7) is 2.05. The quantitative estimate of drug-likeness (QED) is 0.536. The average molecular weight is 505 g/mol. The maximum atomic E-state index is 14.0. The molecule has 192 valence electrons. The number of aliphatic hydroxyl groups excluding tert-OH is 1. The fraction of sp³-hybridized carbons (Fsp3) is 0.615. The smallest absolute Gasteiger partial charge is 0.275 e. The molecule has 0 spiro atoms. The Labute approximate surface area is 213 Å². The summed E-state index contributed by atoms with van der Waals surface area (Å²) in [4.78, 5) is 20.4. The second kappa shape index (κ2) is 11.0. The first-order valence-electron chi connectivity index (χ1n) is 12.6. The predicted octanol–water partition coefficient (Wildman–Crippen LogP) is 2.65. The highest BCUT2D eigenvalue weighted by Gasteiger charge is 2.44. The first kappa shape index (κ1) is 26.1. The zero-order valence-electron chi connectivity index (χ0n) is 20.3. The summed E-state index contributed by atoms with van der Waals surface area (Å²) in [6, 6.07) is 9.32. The van der Waals surface area contributed by atoms with Gasteiger partial charge in [0.25, 0.3) is 5.91 Å². The normalized spacial score (nSPS) is 27.8.